The Labute approximate surface area is 213 Å². The molecule has 4 N–H and O–H groups in total. The van der Waals surface area contributed by atoms with Crippen molar-refractivity contribution in [3.8, 4) is 0 Å². The first-order chi connectivity index (χ1) is 15.9. The SMILES string of the molecule is CC(C)(O)[C@@H]1CCC(C)([C@@]2(O)CC[C@]3(C)C2C(O)CC2[C@@]4(C)CC[C@@H](O)C(C)(C)C4CC[C@]23C)O1. The summed E-state index contributed by atoms with van der Waals surface area (Å²) in [6, 6.07) is 0. The van der Waals surface area contributed by atoms with Crippen LogP contribution in [0.3, 0.4) is 0 Å². The van der Waals surface area contributed by atoms with Crippen molar-refractivity contribution in [1.29, 1.82) is 0 Å². The number of aliphatic hydroxyl groups excluding tert-OH is 2. The van der Waals surface area contributed by atoms with Crippen LogP contribution >= 0.6 is 0 Å². The highest BCUT2D eigenvalue weighted by molar-refractivity contribution is 5.25. The lowest BCUT2D eigenvalue weighted by Gasteiger charge is -2.71. The molecule has 5 fully saturated rings. The smallest absolute Gasteiger partial charge is 0.0991 e. The number of fused-ring (bicyclic) bond motifs is 5. The van der Waals surface area contributed by atoms with E-state index in [4.69, 9.17) is 4.74 Å². The van der Waals surface area contributed by atoms with Gasteiger partial charge in [-0.25, -0.2) is 0 Å². The quantitative estimate of drug-likeness (QED) is 0.443. The molecule has 1 saturated heterocycles. The lowest BCUT2D eigenvalue weighted by Crippen LogP contribution is -2.69. The van der Waals surface area contributed by atoms with E-state index in [0.29, 0.717) is 31.1 Å². The molecule has 11 atom stereocenters. The van der Waals surface area contributed by atoms with Crippen LogP contribution in [0.25, 0.3) is 0 Å². The average molecular weight is 493 g/mol. The van der Waals surface area contributed by atoms with Crippen LogP contribution in [0.2, 0.25) is 0 Å². The van der Waals surface area contributed by atoms with Gasteiger partial charge in [0.05, 0.1) is 35.1 Å². The highest BCUT2D eigenvalue weighted by Crippen LogP contribution is 2.76. The van der Waals surface area contributed by atoms with E-state index in [0.717, 1.165) is 38.5 Å². The molecule has 5 nitrogen and oxygen atoms in total. The minimum atomic E-state index is -1.12. The Hall–Kier alpha value is -0.200. The number of aliphatic hydroxyl groups is 4. The van der Waals surface area contributed by atoms with Crippen molar-refractivity contribution in [3.05, 3.63) is 0 Å². The number of ether oxygens (including phenoxy) is 1. The fourth-order valence-corrected chi connectivity index (χ4v) is 11.1. The van der Waals surface area contributed by atoms with Gasteiger partial charge in [-0.05, 0) is 112 Å². The van der Waals surface area contributed by atoms with Crippen molar-refractivity contribution >= 4 is 0 Å². The predicted molar refractivity (Wildman–Crippen MR) is 137 cm³/mol. The molecular formula is C30H52O5. The molecule has 0 aromatic carbocycles. The second kappa shape index (κ2) is 7.46. The third kappa shape index (κ3) is 3.17. The Morgan fingerprint density at radius 3 is 2.03 bits per heavy atom. The first-order valence-electron chi connectivity index (χ1n) is 14.4. The summed E-state index contributed by atoms with van der Waals surface area (Å²) >= 11 is 0. The van der Waals surface area contributed by atoms with Gasteiger partial charge in [0.2, 0.25) is 0 Å². The largest absolute Gasteiger partial charge is 0.393 e. The zero-order valence-electron chi connectivity index (χ0n) is 23.5. The van der Waals surface area contributed by atoms with E-state index in [1.165, 1.54) is 0 Å². The van der Waals surface area contributed by atoms with Crippen LogP contribution in [0.5, 0.6) is 0 Å². The van der Waals surface area contributed by atoms with E-state index in [-0.39, 0.29) is 39.8 Å². The van der Waals surface area contributed by atoms with Gasteiger partial charge >= 0.3 is 0 Å². The molecule has 0 aromatic heterocycles. The standard InChI is InChI=1S/C30H52O5/c1-24(2)19-9-13-27(6)20(26(19,5)12-10-21(24)32)17-18(31)23-28(27,7)15-16-30(23,34)29(8)14-11-22(35-29)25(3,4)33/h18-23,31-34H,9-17H2,1-8H3/t18?,19?,20?,21-,22+,23?,26+,27-,28-,29?,30-/m1/s1. The van der Waals surface area contributed by atoms with Crippen molar-refractivity contribution in [3.63, 3.8) is 0 Å². The lowest BCUT2D eigenvalue weighted by atomic mass is 9.35. The van der Waals surface area contributed by atoms with Crippen molar-refractivity contribution < 1.29 is 25.2 Å². The summed E-state index contributed by atoms with van der Waals surface area (Å²) in [6.45, 7) is 17.3. The minimum absolute atomic E-state index is 0.00954. The van der Waals surface area contributed by atoms with E-state index in [1.54, 1.807) is 13.8 Å². The summed E-state index contributed by atoms with van der Waals surface area (Å²) in [5.74, 6) is 0.553. The Morgan fingerprint density at radius 2 is 1.43 bits per heavy atom. The molecule has 0 spiro atoms. The van der Waals surface area contributed by atoms with E-state index in [2.05, 4.69) is 34.6 Å². The molecule has 1 aliphatic heterocycles. The summed E-state index contributed by atoms with van der Waals surface area (Å²) in [4.78, 5) is 0. The first-order valence-corrected chi connectivity index (χ1v) is 14.4. The first kappa shape index (κ1) is 26.4. The molecule has 1 heterocycles. The second-order valence-electron chi connectivity index (χ2n) is 15.6. The van der Waals surface area contributed by atoms with Crippen molar-refractivity contribution in [1.82, 2.24) is 0 Å². The molecule has 4 aliphatic carbocycles. The third-order valence-electron chi connectivity index (χ3n) is 13.4. The summed E-state index contributed by atoms with van der Waals surface area (Å²) in [5.41, 5.74) is -3.08. The molecule has 0 radical (unpaired) electrons. The molecule has 202 valence electrons. The van der Waals surface area contributed by atoms with Crippen molar-refractivity contribution in [2.45, 2.75) is 148 Å². The fraction of sp³-hybridized carbons (Fsp3) is 1.00. The van der Waals surface area contributed by atoms with Gasteiger partial charge in [0.15, 0.2) is 0 Å². The zero-order valence-corrected chi connectivity index (χ0v) is 23.5. The summed E-state index contributed by atoms with van der Waals surface area (Å²) in [7, 11) is 0. The summed E-state index contributed by atoms with van der Waals surface area (Å²) < 4.78 is 6.52. The van der Waals surface area contributed by atoms with Gasteiger partial charge in [-0.3, -0.25) is 0 Å². The molecule has 5 heteroatoms. The second-order valence-corrected chi connectivity index (χ2v) is 15.6. The molecule has 4 saturated carbocycles. The van der Waals surface area contributed by atoms with Gasteiger partial charge in [0.25, 0.3) is 0 Å². The van der Waals surface area contributed by atoms with Gasteiger partial charge < -0.3 is 25.2 Å². The van der Waals surface area contributed by atoms with Crippen LogP contribution in [-0.2, 0) is 4.74 Å². The molecule has 0 bridgehead atoms. The molecule has 5 rings (SSSR count). The van der Waals surface area contributed by atoms with Crippen molar-refractivity contribution in [2.24, 2.45) is 39.4 Å². The van der Waals surface area contributed by atoms with Gasteiger partial charge in [0, 0.05) is 5.92 Å². The maximum absolute atomic E-state index is 12.5. The maximum atomic E-state index is 12.5. The molecule has 35 heavy (non-hydrogen) atoms. The average Bonchev–Trinajstić information content (AvgIpc) is 3.29. The normalized spacial score (nSPS) is 57.9. The molecule has 0 aromatic rings. The Morgan fingerprint density at radius 1 is 0.771 bits per heavy atom. The van der Waals surface area contributed by atoms with E-state index in [1.807, 2.05) is 6.92 Å². The van der Waals surface area contributed by atoms with E-state index >= 15 is 0 Å². The Bertz CT molecular complexity index is 865. The third-order valence-corrected chi connectivity index (χ3v) is 13.4. The topological polar surface area (TPSA) is 90.2 Å². The Balaban J connectivity index is 1.52. The fourth-order valence-electron chi connectivity index (χ4n) is 11.1. The molecular weight excluding hydrogens is 440 g/mol. The van der Waals surface area contributed by atoms with E-state index in [9.17, 15) is 20.4 Å². The van der Waals surface area contributed by atoms with Crippen LogP contribution in [0.1, 0.15) is 113 Å². The molecule has 0 amide bonds. The van der Waals surface area contributed by atoms with Gasteiger partial charge in [-0.15, -0.1) is 0 Å². The number of hydrogen-bond acceptors (Lipinski definition) is 5. The van der Waals surface area contributed by atoms with Gasteiger partial charge in [-0.2, -0.15) is 0 Å². The van der Waals surface area contributed by atoms with Crippen LogP contribution in [0, 0.1) is 39.4 Å². The highest BCUT2D eigenvalue weighted by Gasteiger charge is 2.75. The summed E-state index contributed by atoms with van der Waals surface area (Å²) in [5, 5.41) is 45.9. The number of rotatable bonds is 2. The molecule has 5 aliphatic rings. The maximum Gasteiger partial charge on any atom is 0.0991 e. The predicted octanol–water partition coefficient (Wildman–Crippen LogP) is 4.83. The van der Waals surface area contributed by atoms with Crippen LogP contribution in [0.15, 0.2) is 0 Å². The Kier molecular flexibility index (Phi) is 5.63. The lowest BCUT2D eigenvalue weighted by molar-refractivity contribution is -0.277. The van der Waals surface area contributed by atoms with Gasteiger partial charge in [-0.1, -0.05) is 34.6 Å². The minimum Gasteiger partial charge on any atom is -0.393 e. The number of hydrogen-bond donors (Lipinski definition) is 4. The van der Waals surface area contributed by atoms with Crippen LogP contribution in [-0.4, -0.2) is 55.5 Å². The summed E-state index contributed by atoms with van der Waals surface area (Å²) in [6.07, 6.45) is 6.50. The van der Waals surface area contributed by atoms with Crippen molar-refractivity contribution in [2.75, 3.05) is 0 Å². The van der Waals surface area contributed by atoms with Crippen LogP contribution in [0.4, 0.5) is 0 Å². The zero-order chi connectivity index (χ0) is 26.0. The van der Waals surface area contributed by atoms with Crippen LogP contribution < -0.4 is 0 Å². The molecule has 5 unspecified atom stereocenters. The van der Waals surface area contributed by atoms with Gasteiger partial charge in [0.1, 0.15) is 0 Å². The highest BCUT2D eigenvalue weighted by atomic mass is 16.5. The van der Waals surface area contributed by atoms with E-state index < -0.39 is 22.9 Å². The monoisotopic (exact) mass is 492 g/mol.